The molecular weight excluding hydrogens is 382 g/mol. The molecule has 0 saturated carbocycles. The van der Waals surface area contributed by atoms with Gasteiger partial charge in [-0.05, 0) is 42.5 Å². The Morgan fingerprint density at radius 3 is 2.30 bits per heavy atom. The van der Waals surface area contributed by atoms with Crippen molar-refractivity contribution in [1.29, 1.82) is 0 Å². The summed E-state index contributed by atoms with van der Waals surface area (Å²) in [7, 11) is -2.47. The summed E-state index contributed by atoms with van der Waals surface area (Å²) >= 11 is 0. The molecule has 2 aromatic carbocycles. The number of primary sulfonamides is 1. The van der Waals surface area contributed by atoms with E-state index in [1.54, 1.807) is 24.3 Å². The van der Waals surface area contributed by atoms with E-state index in [1.807, 2.05) is 0 Å². The van der Waals surface area contributed by atoms with Crippen LogP contribution in [0.5, 0.6) is 5.75 Å². The van der Waals surface area contributed by atoms with E-state index < -0.39 is 21.9 Å². The number of ether oxygens (including phenoxy) is 1. The summed E-state index contributed by atoms with van der Waals surface area (Å²) in [5.74, 6) is 0.471. The molecule has 0 saturated heterocycles. The Labute approximate surface area is 153 Å². The fourth-order valence-corrected chi connectivity index (χ4v) is 3.00. The van der Waals surface area contributed by atoms with E-state index in [9.17, 15) is 21.6 Å². The maximum Gasteiger partial charge on any atom is 0.435 e. The van der Waals surface area contributed by atoms with Crippen molar-refractivity contribution in [2.75, 3.05) is 7.11 Å². The summed E-state index contributed by atoms with van der Waals surface area (Å²) in [5.41, 5.74) is -0.205. The summed E-state index contributed by atoms with van der Waals surface area (Å²) in [6.45, 7) is 0. The van der Waals surface area contributed by atoms with Crippen LogP contribution in [0.1, 0.15) is 5.69 Å². The van der Waals surface area contributed by atoms with Gasteiger partial charge >= 0.3 is 6.18 Å². The van der Waals surface area contributed by atoms with Crippen LogP contribution in [-0.2, 0) is 16.2 Å². The quantitative estimate of drug-likeness (QED) is 0.734. The van der Waals surface area contributed by atoms with Crippen LogP contribution in [0.3, 0.4) is 0 Å². The average molecular weight is 396 g/mol. The predicted molar refractivity (Wildman–Crippen MR) is 91.9 cm³/mol. The minimum Gasteiger partial charge on any atom is -0.497 e. The van der Waals surface area contributed by atoms with E-state index in [0.29, 0.717) is 11.3 Å². The number of rotatable bonds is 4. The normalized spacial score (nSPS) is 12.2. The summed E-state index contributed by atoms with van der Waals surface area (Å²) in [6.07, 6.45) is -4.64. The van der Waals surface area contributed by atoms with E-state index in [1.165, 1.54) is 31.4 Å². The third-order valence-corrected chi connectivity index (χ3v) is 4.70. The van der Waals surface area contributed by atoms with Crippen molar-refractivity contribution in [2.45, 2.75) is 11.1 Å². The van der Waals surface area contributed by atoms with Gasteiger partial charge in [0, 0.05) is 5.56 Å². The fraction of sp³-hybridized carbons (Fsp3) is 0.118. The van der Waals surface area contributed by atoms with Gasteiger partial charge in [0.15, 0.2) is 5.69 Å². The third kappa shape index (κ3) is 3.96. The van der Waals surface area contributed by atoms with E-state index in [4.69, 9.17) is 9.88 Å². The summed E-state index contributed by atoms with van der Waals surface area (Å²) in [6, 6.07) is 12.5. The monoisotopic (exact) mass is 396 g/mol. The van der Waals surface area contributed by atoms with Crippen molar-refractivity contribution in [3.8, 4) is 22.7 Å². The molecule has 0 radical (unpaired) electrons. The third-order valence-electron chi connectivity index (χ3n) is 3.78. The first kappa shape index (κ1) is 18.9. The number of sulfonamides is 1. The Kier molecular flexibility index (Phi) is 4.70. The lowest BCUT2D eigenvalue weighted by Crippen LogP contribution is -2.12. The molecule has 0 aliphatic rings. The molecule has 3 rings (SSSR count). The van der Waals surface area contributed by atoms with Crippen molar-refractivity contribution < 1.29 is 26.3 Å². The number of hydrogen-bond acceptors (Lipinski definition) is 4. The summed E-state index contributed by atoms with van der Waals surface area (Å²) < 4.78 is 68.5. The molecule has 0 amide bonds. The lowest BCUT2D eigenvalue weighted by Gasteiger charge is -2.09. The van der Waals surface area contributed by atoms with Gasteiger partial charge in [-0.1, -0.05) is 12.1 Å². The predicted octanol–water partition coefficient (Wildman–Crippen LogP) is 3.21. The molecule has 0 spiro atoms. The van der Waals surface area contributed by atoms with E-state index >= 15 is 0 Å². The fourth-order valence-electron chi connectivity index (χ4n) is 2.48. The van der Waals surface area contributed by atoms with Gasteiger partial charge in [0.05, 0.1) is 23.4 Å². The molecule has 0 unspecified atom stereocenters. The Hall–Kier alpha value is -2.85. The average Bonchev–Trinajstić information content (AvgIpc) is 3.07. The lowest BCUT2D eigenvalue weighted by atomic mass is 10.1. The summed E-state index contributed by atoms with van der Waals surface area (Å²) in [5, 5.41) is 8.69. The van der Waals surface area contributed by atoms with E-state index in [-0.39, 0.29) is 16.3 Å². The van der Waals surface area contributed by atoms with Crippen LogP contribution in [0.4, 0.5) is 13.2 Å². The van der Waals surface area contributed by atoms with Crippen molar-refractivity contribution in [3.05, 3.63) is 60.3 Å². The first-order valence-corrected chi connectivity index (χ1v) is 9.09. The van der Waals surface area contributed by atoms with Crippen LogP contribution >= 0.6 is 0 Å². The highest BCUT2D eigenvalue weighted by atomic mass is 32.2. The molecular formula is C17H14F3N3O3S. The van der Waals surface area contributed by atoms with Gasteiger partial charge in [0.25, 0.3) is 0 Å². The number of halogens is 3. The molecule has 27 heavy (non-hydrogen) atoms. The molecule has 3 aromatic rings. The second-order valence-corrected chi connectivity index (χ2v) is 7.16. The maximum atomic E-state index is 13.2. The number of hydrogen-bond donors (Lipinski definition) is 1. The number of benzene rings is 2. The van der Waals surface area contributed by atoms with Crippen molar-refractivity contribution in [1.82, 2.24) is 9.78 Å². The highest BCUT2D eigenvalue weighted by Gasteiger charge is 2.35. The van der Waals surface area contributed by atoms with Crippen molar-refractivity contribution >= 4 is 10.0 Å². The van der Waals surface area contributed by atoms with Crippen LogP contribution in [0.2, 0.25) is 0 Å². The maximum absolute atomic E-state index is 13.2. The Balaban J connectivity index is 2.17. The molecule has 10 heteroatoms. The van der Waals surface area contributed by atoms with Gasteiger partial charge in [-0.25, -0.2) is 18.2 Å². The smallest absolute Gasteiger partial charge is 0.435 e. The molecule has 2 N–H and O–H groups in total. The van der Waals surface area contributed by atoms with Gasteiger partial charge in [-0.2, -0.15) is 18.3 Å². The van der Waals surface area contributed by atoms with E-state index in [2.05, 4.69) is 5.10 Å². The molecule has 6 nitrogen and oxygen atoms in total. The minimum atomic E-state index is -4.64. The molecule has 1 heterocycles. The zero-order valence-electron chi connectivity index (χ0n) is 13.9. The topological polar surface area (TPSA) is 87.2 Å². The second kappa shape index (κ2) is 6.71. The van der Waals surface area contributed by atoms with E-state index in [0.717, 1.165) is 10.7 Å². The zero-order valence-corrected chi connectivity index (χ0v) is 14.8. The standard InChI is InChI=1S/C17H14F3N3O3S/c1-26-13-4-2-3-11(9-13)15-10-16(17(18,19)20)22-23(15)12-5-7-14(8-6-12)27(21,24)25/h2-10H,1H3,(H2,21,24,25)/i1-1. The largest absolute Gasteiger partial charge is 0.497 e. The number of aromatic nitrogens is 2. The van der Waals surface area contributed by atoms with Gasteiger partial charge < -0.3 is 4.74 Å². The highest BCUT2D eigenvalue weighted by Crippen LogP contribution is 2.34. The van der Waals surface area contributed by atoms with Gasteiger partial charge in [0.2, 0.25) is 10.0 Å². The number of alkyl halides is 3. The Morgan fingerprint density at radius 1 is 1.07 bits per heavy atom. The van der Waals surface area contributed by atoms with Crippen molar-refractivity contribution in [3.63, 3.8) is 0 Å². The lowest BCUT2D eigenvalue weighted by molar-refractivity contribution is -0.141. The Morgan fingerprint density at radius 2 is 1.74 bits per heavy atom. The van der Waals surface area contributed by atoms with Crippen LogP contribution in [0, 0.1) is 0 Å². The molecule has 0 bridgehead atoms. The number of nitrogens with zero attached hydrogens (tertiary/aromatic N) is 2. The SMILES string of the molecule is [11CH3]Oc1cccc(-c2cc(C(F)(F)F)nn2-c2ccc(S(N)(=O)=O)cc2)c1. The van der Waals surface area contributed by atoms with Crippen molar-refractivity contribution in [2.24, 2.45) is 5.14 Å². The van der Waals surface area contributed by atoms with Crippen LogP contribution in [-0.4, -0.2) is 25.3 Å². The number of nitrogens with two attached hydrogens (primary N) is 1. The van der Waals surface area contributed by atoms with Gasteiger partial charge in [-0.15, -0.1) is 0 Å². The molecule has 0 fully saturated rings. The number of methoxy groups -OCH3 is 1. The highest BCUT2D eigenvalue weighted by molar-refractivity contribution is 7.89. The van der Waals surface area contributed by atoms with Crippen LogP contribution in [0.15, 0.2) is 59.5 Å². The molecule has 0 aliphatic carbocycles. The Bertz CT molecular complexity index is 1070. The minimum absolute atomic E-state index is 0.155. The van der Waals surface area contributed by atoms with Crippen LogP contribution < -0.4 is 9.88 Å². The first-order chi connectivity index (χ1) is 12.6. The summed E-state index contributed by atoms with van der Waals surface area (Å²) in [4.78, 5) is -0.155. The molecule has 0 aliphatic heterocycles. The first-order valence-electron chi connectivity index (χ1n) is 7.54. The van der Waals surface area contributed by atoms with Gasteiger partial charge in [-0.3, -0.25) is 0 Å². The molecule has 142 valence electrons. The second-order valence-electron chi connectivity index (χ2n) is 5.60. The molecule has 0 atom stereocenters. The van der Waals surface area contributed by atoms with Crippen LogP contribution in [0.25, 0.3) is 16.9 Å². The zero-order chi connectivity index (χ0) is 19.8. The molecule has 1 aromatic heterocycles. The van der Waals surface area contributed by atoms with Gasteiger partial charge in [0.1, 0.15) is 5.75 Å².